The molecule has 9 nitrogen and oxygen atoms in total. The number of alkyl halides is 2. The van der Waals surface area contributed by atoms with Gasteiger partial charge in [-0.15, -0.1) is 0 Å². The number of Topliss-reactive ketones (excluding diaryl/α,β-unsaturated/α-hetero) is 1. The summed E-state index contributed by atoms with van der Waals surface area (Å²) in [6.07, 6.45) is 2.28. The van der Waals surface area contributed by atoms with E-state index in [-0.39, 0.29) is 25.0 Å². The predicted molar refractivity (Wildman–Crippen MR) is 153 cm³/mol. The number of primary amides is 1. The number of aryl methyl sites for hydroxylation is 1. The van der Waals surface area contributed by atoms with E-state index < -0.39 is 42.6 Å². The molecule has 0 radical (unpaired) electrons. The molecule has 0 bridgehead atoms. The van der Waals surface area contributed by atoms with Crippen LogP contribution < -0.4 is 16.4 Å². The second-order valence-corrected chi connectivity index (χ2v) is 11.7. The standard InChI is InChI=1S/C29H38F2N3O6P/c1-4-21-8-12-23(13-9-21)20(3)33-16-6-5-7-26(27(32)36)34-28(37)24(17-19(2)35)18-22-10-14-25(15-11-22)29(30,31)41(38,39)40/h8-15,24,26,33H,3-7,16-18H2,1-2H3,(H2,32,36)(H,34,37)(H2,38,39,40). The molecular weight excluding hydrogens is 555 g/mol. The number of halogens is 2. The molecule has 0 saturated carbocycles. The topological polar surface area (TPSA) is 159 Å². The van der Waals surface area contributed by atoms with Crippen molar-refractivity contribution in [3.8, 4) is 0 Å². The van der Waals surface area contributed by atoms with Crippen LogP contribution in [0.15, 0.2) is 55.1 Å². The van der Waals surface area contributed by atoms with Crippen molar-refractivity contribution in [3.05, 3.63) is 77.4 Å². The molecule has 12 heteroatoms. The van der Waals surface area contributed by atoms with E-state index in [0.29, 0.717) is 24.9 Å². The first-order valence-corrected chi connectivity index (χ1v) is 14.9. The molecule has 2 atom stereocenters. The van der Waals surface area contributed by atoms with Crippen molar-refractivity contribution >= 4 is 30.9 Å². The van der Waals surface area contributed by atoms with E-state index in [2.05, 4.69) is 24.1 Å². The lowest BCUT2D eigenvalue weighted by Crippen LogP contribution is -2.47. The quantitative estimate of drug-likeness (QED) is 0.137. The number of benzene rings is 2. The predicted octanol–water partition coefficient (Wildman–Crippen LogP) is 4.01. The Morgan fingerprint density at radius 1 is 1.02 bits per heavy atom. The lowest BCUT2D eigenvalue weighted by atomic mass is 9.92. The van der Waals surface area contributed by atoms with Crippen LogP contribution in [0.1, 0.15) is 61.8 Å². The second-order valence-electron chi connectivity index (χ2n) is 10.0. The summed E-state index contributed by atoms with van der Waals surface area (Å²) >= 11 is 0. The fourth-order valence-electron chi connectivity index (χ4n) is 4.23. The van der Waals surface area contributed by atoms with Crippen LogP contribution in [0.3, 0.4) is 0 Å². The maximum atomic E-state index is 13.9. The van der Waals surface area contributed by atoms with Gasteiger partial charge in [-0.05, 0) is 55.7 Å². The molecule has 224 valence electrons. The Labute approximate surface area is 238 Å². The highest BCUT2D eigenvalue weighted by Crippen LogP contribution is 2.59. The monoisotopic (exact) mass is 593 g/mol. The maximum Gasteiger partial charge on any atom is 0.399 e. The fourth-order valence-corrected chi connectivity index (χ4v) is 4.72. The molecule has 0 aliphatic rings. The van der Waals surface area contributed by atoms with Gasteiger partial charge in [0.05, 0.1) is 0 Å². The maximum absolute atomic E-state index is 13.9. The van der Waals surface area contributed by atoms with Gasteiger partial charge >= 0.3 is 13.3 Å². The van der Waals surface area contributed by atoms with E-state index in [1.165, 1.54) is 24.6 Å². The first-order valence-electron chi connectivity index (χ1n) is 13.3. The minimum atomic E-state index is -5.72. The molecule has 0 aliphatic heterocycles. The summed E-state index contributed by atoms with van der Waals surface area (Å²) < 4.78 is 39.0. The lowest BCUT2D eigenvalue weighted by Gasteiger charge is -2.21. The number of nitrogens with one attached hydrogen (secondary N) is 2. The molecule has 41 heavy (non-hydrogen) atoms. The molecule has 6 N–H and O–H groups in total. The van der Waals surface area contributed by atoms with Crippen LogP contribution in [0, 0.1) is 5.92 Å². The third-order valence-electron chi connectivity index (χ3n) is 6.68. The van der Waals surface area contributed by atoms with Crippen LogP contribution in [-0.4, -0.2) is 40.0 Å². The van der Waals surface area contributed by atoms with Gasteiger partial charge in [-0.1, -0.05) is 62.0 Å². The number of carbonyl (C=O) groups is 3. The highest BCUT2D eigenvalue weighted by molar-refractivity contribution is 7.52. The number of nitrogens with two attached hydrogens (primary N) is 1. The first kappa shape index (κ1) is 33.8. The van der Waals surface area contributed by atoms with Crippen molar-refractivity contribution in [2.45, 2.75) is 64.1 Å². The van der Waals surface area contributed by atoms with E-state index in [0.717, 1.165) is 29.8 Å². The van der Waals surface area contributed by atoms with Crippen molar-refractivity contribution in [2.75, 3.05) is 6.54 Å². The van der Waals surface area contributed by atoms with Gasteiger partial charge in [0, 0.05) is 30.1 Å². The highest BCUT2D eigenvalue weighted by atomic mass is 31.2. The number of unbranched alkanes of at least 4 members (excludes halogenated alkanes) is 1. The van der Waals surface area contributed by atoms with Gasteiger partial charge in [0.25, 0.3) is 0 Å². The zero-order valence-corrected chi connectivity index (χ0v) is 24.1. The summed E-state index contributed by atoms with van der Waals surface area (Å²) in [5.41, 5.74) is 3.65. The van der Waals surface area contributed by atoms with E-state index in [9.17, 15) is 27.7 Å². The highest BCUT2D eigenvalue weighted by Gasteiger charge is 2.50. The minimum Gasteiger partial charge on any atom is -0.385 e. The molecule has 2 aromatic carbocycles. The van der Waals surface area contributed by atoms with Crippen molar-refractivity contribution < 1.29 is 37.5 Å². The molecule has 2 aromatic rings. The van der Waals surface area contributed by atoms with Crippen LogP contribution in [-0.2, 0) is 37.5 Å². The van der Waals surface area contributed by atoms with Gasteiger partial charge in [0.2, 0.25) is 11.8 Å². The first-order chi connectivity index (χ1) is 19.2. The van der Waals surface area contributed by atoms with Crippen LogP contribution in [0.25, 0.3) is 5.70 Å². The zero-order valence-electron chi connectivity index (χ0n) is 23.2. The molecule has 0 saturated heterocycles. The van der Waals surface area contributed by atoms with Gasteiger partial charge < -0.3 is 30.9 Å². The minimum absolute atomic E-state index is 0.0239. The van der Waals surface area contributed by atoms with Crippen LogP contribution in [0.2, 0.25) is 0 Å². The van der Waals surface area contributed by atoms with Gasteiger partial charge in [-0.2, -0.15) is 8.78 Å². The van der Waals surface area contributed by atoms with E-state index in [1.54, 1.807) is 0 Å². The fraction of sp³-hybridized carbons (Fsp3) is 0.414. The third-order valence-corrected chi connectivity index (χ3v) is 7.67. The van der Waals surface area contributed by atoms with Crippen molar-refractivity contribution in [1.82, 2.24) is 10.6 Å². The normalized spacial score (nSPS) is 13.2. The molecule has 0 fully saturated rings. The molecule has 0 aliphatic carbocycles. The Morgan fingerprint density at radius 2 is 1.61 bits per heavy atom. The van der Waals surface area contributed by atoms with Gasteiger partial charge in [-0.3, -0.25) is 14.2 Å². The Bertz CT molecular complexity index is 1260. The number of hydrogen-bond donors (Lipinski definition) is 5. The number of hydrogen-bond acceptors (Lipinski definition) is 5. The summed E-state index contributed by atoms with van der Waals surface area (Å²) in [6, 6.07) is 11.3. The molecule has 2 amide bonds. The molecule has 2 unspecified atom stereocenters. The summed E-state index contributed by atoms with van der Waals surface area (Å²) in [7, 11) is -5.72. The molecule has 2 rings (SSSR count). The Hall–Kier alpha value is -3.40. The van der Waals surface area contributed by atoms with Crippen LogP contribution in [0.5, 0.6) is 0 Å². The second kappa shape index (κ2) is 15.0. The van der Waals surface area contributed by atoms with Gasteiger partial charge in [0.15, 0.2) is 0 Å². The van der Waals surface area contributed by atoms with Crippen molar-refractivity contribution in [2.24, 2.45) is 11.7 Å². The summed E-state index contributed by atoms with van der Waals surface area (Å²) in [5.74, 6) is -2.51. The average Bonchev–Trinajstić information content (AvgIpc) is 2.91. The number of rotatable bonds is 17. The number of carbonyl (C=O) groups excluding carboxylic acids is 3. The van der Waals surface area contributed by atoms with Crippen molar-refractivity contribution in [3.63, 3.8) is 0 Å². The number of ketones is 1. The van der Waals surface area contributed by atoms with Crippen LogP contribution in [0.4, 0.5) is 8.78 Å². The Kier molecular flexibility index (Phi) is 12.4. The third kappa shape index (κ3) is 10.2. The summed E-state index contributed by atoms with van der Waals surface area (Å²) in [4.78, 5) is 54.7. The molecule has 0 spiro atoms. The van der Waals surface area contributed by atoms with Crippen LogP contribution >= 0.6 is 7.60 Å². The largest absolute Gasteiger partial charge is 0.399 e. The van der Waals surface area contributed by atoms with Gasteiger partial charge in [0.1, 0.15) is 11.8 Å². The smallest absolute Gasteiger partial charge is 0.385 e. The van der Waals surface area contributed by atoms with Crippen molar-refractivity contribution in [1.29, 1.82) is 0 Å². The lowest BCUT2D eigenvalue weighted by molar-refractivity contribution is -0.132. The SMILES string of the molecule is C=C(NCCCCC(NC(=O)C(CC(C)=O)Cc1ccc(C(F)(F)P(=O)(O)O)cc1)C(N)=O)c1ccc(CC)cc1. The Morgan fingerprint density at radius 3 is 2.12 bits per heavy atom. The Balaban J connectivity index is 1.94. The zero-order chi connectivity index (χ0) is 30.8. The van der Waals surface area contributed by atoms with Gasteiger partial charge in [-0.25, -0.2) is 0 Å². The van der Waals surface area contributed by atoms with E-state index >= 15 is 0 Å². The van der Waals surface area contributed by atoms with E-state index in [4.69, 9.17) is 15.5 Å². The number of amides is 2. The average molecular weight is 594 g/mol. The summed E-state index contributed by atoms with van der Waals surface area (Å²) in [6.45, 7) is 8.02. The molecule has 0 heterocycles. The van der Waals surface area contributed by atoms with E-state index in [1.807, 2.05) is 24.3 Å². The molecular formula is C29H38F2N3O6P. The summed E-state index contributed by atoms with van der Waals surface area (Å²) in [5, 5.41) is 5.85. The molecule has 0 aromatic heterocycles.